The maximum atomic E-state index is 13.8. The molecule has 0 radical (unpaired) electrons. The van der Waals surface area contributed by atoms with Crippen LogP contribution in [-0.4, -0.2) is 79.6 Å². The third-order valence-corrected chi connectivity index (χ3v) is 10.3. The first-order valence-electron chi connectivity index (χ1n) is 14.3. The lowest BCUT2D eigenvalue weighted by Crippen LogP contribution is -2.54. The monoisotopic (exact) mass is 628 g/mol. The molecular formula is C31H40N4O6S2. The Morgan fingerprint density at radius 3 is 2.49 bits per heavy atom. The fourth-order valence-corrected chi connectivity index (χ4v) is 7.18. The maximum Gasteiger partial charge on any atom is 0.318 e. The van der Waals surface area contributed by atoms with Crippen LogP contribution >= 0.6 is 11.3 Å². The second-order valence-electron chi connectivity index (χ2n) is 10.8. The SMILES string of the molecule is CCC(C)CN(CC(O)C(Cc1ccccc1)NC(=O)[C@@H]1CN(Cc2cccs2)C(=O)N1)S(=O)(=O)c1ccc(OC)cc1. The van der Waals surface area contributed by atoms with Crippen molar-refractivity contribution in [3.63, 3.8) is 0 Å². The highest BCUT2D eigenvalue weighted by Crippen LogP contribution is 2.23. The van der Waals surface area contributed by atoms with Gasteiger partial charge in [-0.1, -0.05) is 56.7 Å². The van der Waals surface area contributed by atoms with Crippen molar-refractivity contribution < 1.29 is 27.9 Å². The number of hydrogen-bond acceptors (Lipinski definition) is 7. The van der Waals surface area contributed by atoms with E-state index in [4.69, 9.17) is 4.74 Å². The highest BCUT2D eigenvalue weighted by molar-refractivity contribution is 7.89. The van der Waals surface area contributed by atoms with Gasteiger partial charge in [-0.3, -0.25) is 4.79 Å². The van der Waals surface area contributed by atoms with Gasteiger partial charge in [-0.15, -0.1) is 11.3 Å². The van der Waals surface area contributed by atoms with Gasteiger partial charge in [0, 0.05) is 18.0 Å². The van der Waals surface area contributed by atoms with E-state index in [1.807, 2.05) is 61.7 Å². The summed E-state index contributed by atoms with van der Waals surface area (Å²) in [6.45, 7) is 4.49. The van der Waals surface area contributed by atoms with Crippen LogP contribution in [0.2, 0.25) is 0 Å². The van der Waals surface area contributed by atoms with Gasteiger partial charge in [0.15, 0.2) is 0 Å². The van der Waals surface area contributed by atoms with Gasteiger partial charge in [0.25, 0.3) is 0 Å². The molecule has 2 heterocycles. The van der Waals surface area contributed by atoms with E-state index in [1.165, 1.54) is 34.9 Å². The van der Waals surface area contributed by atoms with Crippen LogP contribution in [0.3, 0.4) is 0 Å². The minimum Gasteiger partial charge on any atom is -0.497 e. The Balaban J connectivity index is 1.53. The third kappa shape index (κ3) is 8.56. The van der Waals surface area contributed by atoms with Crippen LogP contribution in [0.5, 0.6) is 5.75 Å². The Labute approximate surface area is 257 Å². The molecule has 4 atom stereocenters. The zero-order valence-corrected chi connectivity index (χ0v) is 26.3. The van der Waals surface area contributed by atoms with Gasteiger partial charge >= 0.3 is 6.03 Å². The summed E-state index contributed by atoms with van der Waals surface area (Å²) in [4.78, 5) is 28.7. The molecule has 1 aromatic heterocycles. The van der Waals surface area contributed by atoms with Crippen molar-refractivity contribution in [1.82, 2.24) is 19.8 Å². The first-order chi connectivity index (χ1) is 20.6. The molecule has 1 aliphatic heterocycles. The standard InChI is InChI=1S/C31H40N4O6S2/c1-4-22(2)18-35(43(39,40)26-14-12-24(41-3)13-15-26)21-29(36)27(17-23-9-6-5-7-10-23)32-30(37)28-20-34(31(38)33-28)19-25-11-8-16-42-25/h5-16,22,27-29,36H,4,17-21H2,1-3H3,(H,32,37)(H,33,38)/t22?,27?,28-,29?/m0/s1. The topological polar surface area (TPSA) is 128 Å². The van der Waals surface area contributed by atoms with Gasteiger partial charge in [0.2, 0.25) is 15.9 Å². The number of methoxy groups -OCH3 is 1. The number of aliphatic hydroxyl groups excluding tert-OH is 1. The summed E-state index contributed by atoms with van der Waals surface area (Å²) >= 11 is 1.54. The van der Waals surface area contributed by atoms with Crippen LogP contribution in [0.15, 0.2) is 77.0 Å². The molecule has 232 valence electrons. The van der Waals surface area contributed by atoms with Crippen LogP contribution in [0.4, 0.5) is 4.79 Å². The minimum atomic E-state index is -3.97. The average molecular weight is 629 g/mol. The summed E-state index contributed by atoms with van der Waals surface area (Å²) in [6.07, 6.45) is -0.216. The van der Waals surface area contributed by atoms with Crippen LogP contribution in [0, 0.1) is 5.92 Å². The van der Waals surface area contributed by atoms with Crippen LogP contribution in [-0.2, 0) is 27.8 Å². The molecule has 1 aliphatic rings. The molecule has 3 amide bonds. The Bertz CT molecular complexity index is 1430. The van der Waals surface area contributed by atoms with E-state index in [2.05, 4.69) is 10.6 Å². The molecule has 0 aliphatic carbocycles. The summed E-state index contributed by atoms with van der Waals surface area (Å²) in [5, 5.41) is 19.1. The lowest BCUT2D eigenvalue weighted by Gasteiger charge is -2.31. The summed E-state index contributed by atoms with van der Waals surface area (Å²) in [5.41, 5.74) is 0.869. The van der Waals surface area contributed by atoms with Crippen molar-refractivity contribution in [1.29, 1.82) is 0 Å². The molecule has 10 nitrogen and oxygen atoms in total. The van der Waals surface area contributed by atoms with E-state index in [9.17, 15) is 23.1 Å². The van der Waals surface area contributed by atoms with Gasteiger partial charge < -0.3 is 25.4 Å². The number of benzene rings is 2. The minimum absolute atomic E-state index is 0.0328. The number of rotatable bonds is 15. The number of hydrogen-bond donors (Lipinski definition) is 3. The number of amides is 3. The molecule has 0 spiro atoms. The van der Waals surface area contributed by atoms with E-state index in [1.54, 1.807) is 17.0 Å². The van der Waals surface area contributed by atoms with Gasteiger partial charge in [-0.2, -0.15) is 4.31 Å². The summed E-state index contributed by atoms with van der Waals surface area (Å²) in [6, 6.07) is 17.4. The Morgan fingerprint density at radius 2 is 1.86 bits per heavy atom. The highest BCUT2D eigenvalue weighted by atomic mass is 32.2. The Kier molecular flexibility index (Phi) is 11.2. The number of carbonyl (C=O) groups is 2. The second-order valence-corrected chi connectivity index (χ2v) is 13.8. The highest BCUT2D eigenvalue weighted by Gasteiger charge is 2.37. The van der Waals surface area contributed by atoms with Crippen LogP contribution < -0.4 is 15.4 Å². The molecule has 1 fully saturated rings. The molecule has 3 aromatic rings. The first kappa shape index (κ1) is 32.5. The molecule has 43 heavy (non-hydrogen) atoms. The molecule has 2 aromatic carbocycles. The van der Waals surface area contributed by atoms with Crippen molar-refractivity contribution in [3.8, 4) is 5.75 Å². The molecule has 1 saturated heterocycles. The fraction of sp³-hybridized carbons (Fsp3) is 0.419. The summed E-state index contributed by atoms with van der Waals surface area (Å²) in [7, 11) is -2.47. The normalized spacial score (nSPS) is 17.4. The smallest absolute Gasteiger partial charge is 0.318 e. The van der Waals surface area contributed by atoms with Crippen LogP contribution in [0.25, 0.3) is 0 Å². The van der Waals surface area contributed by atoms with E-state index < -0.39 is 34.1 Å². The van der Waals surface area contributed by atoms with E-state index >= 15 is 0 Å². The predicted octanol–water partition coefficient (Wildman–Crippen LogP) is 3.48. The van der Waals surface area contributed by atoms with Crippen molar-refractivity contribution in [2.24, 2.45) is 5.92 Å². The number of urea groups is 1. The molecule has 0 bridgehead atoms. The second kappa shape index (κ2) is 14.8. The molecule has 3 N–H and O–H groups in total. The zero-order chi connectivity index (χ0) is 31.0. The maximum absolute atomic E-state index is 13.8. The largest absolute Gasteiger partial charge is 0.497 e. The number of nitrogens with one attached hydrogen (secondary N) is 2. The van der Waals surface area contributed by atoms with Gasteiger partial charge in [-0.05, 0) is 53.6 Å². The van der Waals surface area contributed by atoms with E-state index in [-0.39, 0.29) is 42.9 Å². The van der Waals surface area contributed by atoms with E-state index in [0.717, 1.165) is 16.9 Å². The lowest BCUT2D eigenvalue weighted by atomic mass is 10.00. The predicted molar refractivity (Wildman–Crippen MR) is 166 cm³/mol. The molecule has 12 heteroatoms. The number of carbonyl (C=O) groups excluding carboxylic acids is 2. The molecule has 4 rings (SSSR count). The number of thiophene rings is 1. The van der Waals surface area contributed by atoms with Gasteiger partial charge in [0.05, 0.1) is 37.2 Å². The average Bonchev–Trinajstić information content (AvgIpc) is 3.66. The van der Waals surface area contributed by atoms with Crippen LogP contribution in [0.1, 0.15) is 30.7 Å². The molecule has 3 unspecified atom stereocenters. The van der Waals surface area contributed by atoms with Crippen molar-refractivity contribution in [2.75, 3.05) is 26.7 Å². The number of sulfonamides is 1. The Morgan fingerprint density at radius 1 is 1.14 bits per heavy atom. The van der Waals surface area contributed by atoms with E-state index in [0.29, 0.717) is 12.3 Å². The fourth-order valence-electron chi connectivity index (χ4n) is 4.88. The van der Waals surface area contributed by atoms with Crippen molar-refractivity contribution >= 4 is 33.3 Å². The summed E-state index contributed by atoms with van der Waals surface area (Å²) in [5.74, 6) is 0.130. The third-order valence-electron chi connectivity index (χ3n) is 7.62. The number of aliphatic hydroxyl groups is 1. The van der Waals surface area contributed by atoms with Crippen molar-refractivity contribution in [3.05, 3.63) is 82.6 Å². The number of nitrogens with zero attached hydrogens (tertiary/aromatic N) is 2. The number of ether oxygens (including phenoxy) is 1. The van der Waals surface area contributed by atoms with Gasteiger partial charge in [0.1, 0.15) is 11.8 Å². The first-order valence-corrected chi connectivity index (χ1v) is 16.7. The lowest BCUT2D eigenvalue weighted by molar-refractivity contribution is -0.124. The zero-order valence-electron chi connectivity index (χ0n) is 24.7. The van der Waals surface area contributed by atoms with Gasteiger partial charge in [-0.25, -0.2) is 13.2 Å². The molecular weight excluding hydrogens is 588 g/mol. The summed E-state index contributed by atoms with van der Waals surface area (Å²) < 4.78 is 34.0. The molecule has 0 saturated carbocycles. The Hall–Kier alpha value is -3.45. The van der Waals surface area contributed by atoms with Crippen molar-refractivity contribution in [2.45, 2.75) is 56.3 Å². The quantitative estimate of drug-likeness (QED) is 0.237.